The lowest BCUT2D eigenvalue weighted by atomic mass is 9.88. The minimum atomic E-state index is -0.381. The number of hydrogen-bond acceptors (Lipinski definition) is 4. The van der Waals surface area contributed by atoms with E-state index in [0.717, 1.165) is 11.4 Å². The quantitative estimate of drug-likeness (QED) is 0.635. The Hall–Kier alpha value is -1.78. The van der Waals surface area contributed by atoms with Crippen molar-refractivity contribution in [2.24, 2.45) is 5.41 Å². The highest BCUT2D eigenvalue weighted by Crippen LogP contribution is 2.28. The van der Waals surface area contributed by atoms with Gasteiger partial charge in [0.25, 0.3) is 5.69 Å². The summed E-state index contributed by atoms with van der Waals surface area (Å²) in [5.74, 6) is 0. The smallest absolute Gasteiger partial charge is 0.273 e. The molecular formula is C13H21N3O2. The summed E-state index contributed by atoms with van der Waals surface area (Å²) in [7, 11) is 1.75. The molecule has 5 nitrogen and oxygen atoms in total. The van der Waals surface area contributed by atoms with Gasteiger partial charge in [-0.3, -0.25) is 10.1 Å². The molecule has 0 aromatic heterocycles. The van der Waals surface area contributed by atoms with Gasteiger partial charge in [0.05, 0.1) is 4.92 Å². The number of rotatable bonds is 4. The fourth-order valence-electron chi connectivity index (χ4n) is 1.41. The molecule has 0 saturated heterocycles. The molecule has 0 aliphatic rings. The van der Waals surface area contributed by atoms with Crippen molar-refractivity contribution in [3.8, 4) is 0 Å². The van der Waals surface area contributed by atoms with Gasteiger partial charge in [-0.1, -0.05) is 20.8 Å². The third-order valence-electron chi connectivity index (χ3n) is 3.10. The Morgan fingerprint density at radius 2 is 1.78 bits per heavy atom. The lowest BCUT2D eigenvalue weighted by molar-refractivity contribution is -0.384. The van der Waals surface area contributed by atoms with Gasteiger partial charge in [0.2, 0.25) is 0 Å². The van der Waals surface area contributed by atoms with Crippen molar-refractivity contribution in [1.82, 2.24) is 0 Å². The van der Waals surface area contributed by atoms with Gasteiger partial charge in [0, 0.05) is 36.6 Å². The Morgan fingerprint density at radius 3 is 2.22 bits per heavy atom. The molecule has 0 aliphatic heterocycles. The average Bonchev–Trinajstić information content (AvgIpc) is 2.27. The molecule has 0 saturated carbocycles. The minimum Gasteiger partial charge on any atom is -0.388 e. The minimum absolute atomic E-state index is 0.0877. The second kappa shape index (κ2) is 5.25. The van der Waals surface area contributed by atoms with Crippen molar-refractivity contribution >= 4 is 17.1 Å². The zero-order valence-electron chi connectivity index (χ0n) is 11.6. The van der Waals surface area contributed by atoms with Gasteiger partial charge in [-0.15, -0.1) is 0 Å². The van der Waals surface area contributed by atoms with E-state index in [1.807, 2.05) is 6.07 Å². The molecule has 1 atom stereocenters. The lowest BCUT2D eigenvalue weighted by Crippen LogP contribution is -2.30. The summed E-state index contributed by atoms with van der Waals surface area (Å²) in [5, 5.41) is 17.1. The molecule has 5 heteroatoms. The highest BCUT2D eigenvalue weighted by molar-refractivity contribution is 5.63. The van der Waals surface area contributed by atoms with E-state index in [1.165, 1.54) is 6.07 Å². The molecule has 1 aromatic carbocycles. The van der Waals surface area contributed by atoms with Crippen LogP contribution in [0.25, 0.3) is 0 Å². The number of hydrogen-bond donors (Lipinski definition) is 2. The van der Waals surface area contributed by atoms with E-state index in [0.29, 0.717) is 0 Å². The van der Waals surface area contributed by atoms with Crippen LogP contribution in [-0.4, -0.2) is 18.0 Å². The maximum absolute atomic E-state index is 10.9. The van der Waals surface area contributed by atoms with Crippen LogP contribution in [0.3, 0.4) is 0 Å². The molecule has 0 bridgehead atoms. The molecule has 0 fully saturated rings. The van der Waals surface area contributed by atoms with Gasteiger partial charge >= 0.3 is 0 Å². The Balaban J connectivity index is 3.02. The first kappa shape index (κ1) is 14.3. The van der Waals surface area contributed by atoms with E-state index in [1.54, 1.807) is 13.1 Å². The summed E-state index contributed by atoms with van der Waals surface area (Å²) in [6, 6.07) is 5.16. The molecule has 1 unspecified atom stereocenters. The Kier molecular flexibility index (Phi) is 4.16. The fourth-order valence-corrected chi connectivity index (χ4v) is 1.41. The Morgan fingerprint density at radius 1 is 1.22 bits per heavy atom. The zero-order valence-corrected chi connectivity index (χ0v) is 11.6. The van der Waals surface area contributed by atoms with E-state index < -0.39 is 0 Å². The predicted octanol–water partition coefficient (Wildman–Crippen LogP) is 3.48. The van der Waals surface area contributed by atoms with E-state index >= 15 is 0 Å². The highest BCUT2D eigenvalue weighted by Gasteiger charge is 2.20. The lowest BCUT2D eigenvalue weighted by Gasteiger charge is -2.29. The molecule has 0 spiro atoms. The molecule has 0 heterocycles. The van der Waals surface area contributed by atoms with Gasteiger partial charge in [-0.25, -0.2) is 0 Å². The van der Waals surface area contributed by atoms with Gasteiger partial charge in [0.15, 0.2) is 0 Å². The summed E-state index contributed by atoms with van der Waals surface area (Å²) < 4.78 is 0. The molecule has 18 heavy (non-hydrogen) atoms. The van der Waals surface area contributed by atoms with Crippen LogP contribution in [-0.2, 0) is 0 Å². The third kappa shape index (κ3) is 3.61. The van der Waals surface area contributed by atoms with Gasteiger partial charge in [-0.05, 0) is 18.4 Å². The number of non-ortho nitro benzene ring substituents is 1. The first-order valence-electron chi connectivity index (χ1n) is 5.98. The first-order valence-corrected chi connectivity index (χ1v) is 5.98. The first-order chi connectivity index (χ1) is 8.24. The van der Waals surface area contributed by atoms with E-state index in [-0.39, 0.29) is 22.1 Å². The predicted molar refractivity (Wildman–Crippen MR) is 75.2 cm³/mol. The van der Waals surface area contributed by atoms with Crippen molar-refractivity contribution in [2.75, 3.05) is 17.7 Å². The average molecular weight is 251 g/mol. The highest BCUT2D eigenvalue weighted by atomic mass is 16.6. The van der Waals surface area contributed by atoms with Crippen LogP contribution in [0, 0.1) is 15.5 Å². The standard InChI is InChI=1S/C13H21N3O2/c1-9(13(2,3)4)15-11-6-10(14-5)7-12(8-11)16(17)18/h6-9,14-15H,1-5H3. The van der Waals surface area contributed by atoms with Crippen molar-refractivity contribution in [3.63, 3.8) is 0 Å². The molecule has 1 rings (SSSR count). The maximum atomic E-state index is 10.9. The summed E-state index contributed by atoms with van der Waals surface area (Å²) in [6.07, 6.45) is 0. The zero-order chi connectivity index (χ0) is 13.9. The summed E-state index contributed by atoms with van der Waals surface area (Å²) in [6.45, 7) is 8.45. The molecule has 0 radical (unpaired) electrons. The van der Waals surface area contributed by atoms with Crippen LogP contribution in [0.5, 0.6) is 0 Å². The summed E-state index contributed by atoms with van der Waals surface area (Å²) in [5.41, 5.74) is 1.67. The molecule has 100 valence electrons. The number of nitrogens with one attached hydrogen (secondary N) is 2. The number of benzene rings is 1. The number of nitro groups is 1. The summed E-state index contributed by atoms with van der Waals surface area (Å²) >= 11 is 0. The van der Waals surface area contributed by atoms with E-state index in [2.05, 4.69) is 38.3 Å². The Bertz CT molecular complexity index is 438. The number of anilines is 2. The van der Waals surface area contributed by atoms with Crippen LogP contribution >= 0.6 is 0 Å². The van der Waals surface area contributed by atoms with Gasteiger partial charge in [0.1, 0.15) is 0 Å². The molecule has 2 N–H and O–H groups in total. The molecule has 1 aromatic rings. The van der Waals surface area contributed by atoms with Gasteiger partial charge in [-0.2, -0.15) is 0 Å². The normalized spacial score (nSPS) is 12.9. The van der Waals surface area contributed by atoms with Crippen molar-refractivity contribution in [3.05, 3.63) is 28.3 Å². The third-order valence-corrected chi connectivity index (χ3v) is 3.10. The monoisotopic (exact) mass is 251 g/mol. The SMILES string of the molecule is CNc1cc(NC(C)C(C)(C)C)cc([N+](=O)[O-])c1. The van der Waals surface area contributed by atoms with Crippen molar-refractivity contribution in [2.45, 2.75) is 33.7 Å². The molecular weight excluding hydrogens is 230 g/mol. The number of nitro benzene ring substituents is 1. The maximum Gasteiger partial charge on any atom is 0.273 e. The number of nitrogens with zero attached hydrogens (tertiary/aromatic N) is 1. The van der Waals surface area contributed by atoms with Gasteiger partial charge < -0.3 is 10.6 Å². The van der Waals surface area contributed by atoms with Crippen LogP contribution in [0.4, 0.5) is 17.1 Å². The van der Waals surface area contributed by atoms with Crippen LogP contribution < -0.4 is 10.6 Å². The fraction of sp³-hybridized carbons (Fsp3) is 0.538. The van der Waals surface area contributed by atoms with Crippen molar-refractivity contribution in [1.29, 1.82) is 0 Å². The second-order valence-corrected chi connectivity index (χ2v) is 5.51. The van der Waals surface area contributed by atoms with E-state index in [4.69, 9.17) is 0 Å². The van der Waals surface area contributed by atoms with Crippen LogP contribution in [0.2, 0.25) is 0 Å². The van der Waals surface area contributed by atoms with Crippen molar-refractivity contribution < 1.29 is 4.92 Å². The second-order valence-electron chi connectivity index (χ2n) is 5.51. The van der Waals surface area contributed by atoms with Crippen LogP contribution in [0.15, 0.2) is 18.2 Å². The topological polar surface area (TPSA) is 67.2 Å². The Labute approximate surface area is 108 Å². The van der Waals surface area contributed by atoms with Crippen LogP contribution in [0.1, 0.15) is 27.7 Å². The van der Waals surface area contributed by atoms with E-state index in [9.17, 15) is 10.1 Å². The molecule has 0 amide bonds. The summed E-state index contributed by atoms with van der Waals surface area (Å²) in [4.78, 5) is 10.5. The molecule has 0 aliphatic carbocycles. The largest absolute Gasteiger partial charge is 0.388 e.